The van der Waals surface area contributed by atoms with Crippen molar-refractivity contribution in [2.24, 2.45) is 0 Å². The first-order valence-corrected chi connectivity index (χ1v) is 4.68. The third kappa shape index (κ3) is 1.60. The van der Waals surface area contributed by atoms with E-state index in [-0.39, 0.29) is 5.91 Å². The minimum absolute atomic E-state index is 0.352. The van der Waals surface area contributed by atoms with Crippen LogP contribution in [0.1, 0.15) is 11.6 Å². The molecule has 2 heterocycles. The molecular weight excluding hydrogens is 250 g/mol. The first-order chi connectivity index (χ1) is 6.66. The quantitative estimate of drug-likeness (QED) is 0.727. The standard InChI is InChI=1S/C8H6BrN3O2/c9-5-1-4(2-10-3-5)6-7(13)12-8(14)11-6/h1-3,6H,(H2,11,12,13,14). The number of nitrogens with one attached hydrogen (secondary N) is 2. The number of nitrogens with zero attached hydrogens (tertiary/aromatic N) is 1. The van der Waals surface area contributed by atoms with Gasteiger partial charge in [0.15, 0.2) is 0 Å². The molecule has 1 atom stereocenters. The molecule has 2 N–H and O–H groups in total. The van der Waals surface area contributed by atoms with E-state index in [1.807, 2.05) is 0 Å². The Bertz CT molecular complexity index is 407. The highest BCUT2D eigenvalue weighted by Gasteiger charge is 2.30. The van der Waals surface area contributed by atoms with Gasteiger partial charge in [0, 0.05) is 22.4 Å². The SMILES string of the molecule is O=C1NC(=O)C(c2cncc(Br)c2)N1. The molecule has 1 unspecified atom stereocenters. The van der Waals surface area contributed by atoms with Crippen LogP contribution < -0.4 is 10.6 Å². The van der Waals surface area contributed by atoms with Crippen LogP contribution in [0.2, 0.25) is 0 Å². The Morgan fingerprint density at radius 1 is 1.36 bits per heavy atom. The van der Waals surface area contributed by atoms with Gasteiger partial charge in [0.05, 0.1) is 0 Å². The third-order valence-corrected chi connectivity index (χ3v) is 2.27. The number of rotatable bonds is 1. The van der Waals surface area contributed by atoms with E-state index in [4.69, 9.17) is 0 Å². The van der Waals surface area contributed by atoms with Gasteiger partial charge in [-0.15, -0.1) is 0 Å². The molecule has 1 fully saturated rings. The monoisotopic (exact) mass is 255 g/mol. The van der Waals surface area contributed by atoms with Crippen molar-refractivity contribution in [2.45, 2.75) is 6.04 Å². The molecule has 0 spiro atoms. The van der Waals surface area contributed by atoms with Crippen molar-refractivity contribution in [2.75, 3.05) is 0 Å². The zero-order valence-electron chi connectivity index (χ0n) is 6.95. The van der Waals surface area contributed by atoms with Crippen LogP contribution in [0.15, 0.2) is 22.9 Å². The van der Waals surface area contributed by atoms with E-state index in [0.717, 1.165) is 4.47 Å². The van der Waals surface area contributed by atoms with Crippen molar-refractivity contribution in [1.29, 1.82) is 0 Å². The molecule has 0 aliphatic carbocycles. The van der Waals surface area contributed by atoms with Gasteiger partial charge in [-0.05, 0) is 22.0 Å². The molecule has 1 aliphatic rings. The van der Waals surface area contributed by atoms with Crippen LogP contribution in [0.5, 0.6) is 0 Å². The fraction of sp³-hybridized carbons (Fsp3) is 0.125. The summed E-state index contributed by atoms with van der Waals surface area (Å²) in [5, 5.41) is 4.64. The highest BCUT2D eigenvalue weighted by Crippen LogP contribution is 2.18. The van der Waals surface area contributed by atoms with Crippen LogP contribution in [-0.4, -0.2) is 16.9 Å². The molecule has 2 rings (SSSR count). The van der Waals surface area contributed by atoms with Gasteiger partial charge in [0.2, 0.25) is 0 Å². The number of carbonyl (C=O) groups excluding carboxylic acids is 2. The van der Waals surface area contributed by atoms with Gasteiger partial charge < -0.3 is 5.32 Å². The summed E-state index contributed by atoms with van der Waals surface area (Å²) in [6, 6.07) is 0.635. The maximum atomic E-state index is 11.3. The molecule has 3 amide bonds. The lowest BCUT2D eigenvalue weighted by atomic mass is 10.1. The summed E-state index contributed by atoms with van der Waals surface area (Å²) in [7, 11) is 0. The zero-order chi connectivity index (χ0) is 10.1. The van der Waals surface area contributed by atoms with Gasteiger partial charge >= 0.3 is 6.03 Å². The van der Waals surface area contributed by atoms with Gasteiger partial charge in [-0.1, -0.05) is 0 Å². The average Bonchev–Trinajstić information content (AvgIpc) is 2.45. The van der Waals surface area contributed by atoms with E-state index < -0.39 is 12.1 Å². The van der Waals surface area contributed by atoms with E-state index in [1.54, 1.807) is 18.5 Å². The number of carbonyl (C=O) groups is 2. The summed E-state index contributed by atoms with van der Waals surface area (Å²) >= 11 is 3.24. The molecule has 5 nitrogen and oxygen atoms in total. The molecule has 1 aromatic heterocycles. The number of pyridine rings is 1. The van der Waals surface area contributed by atoms with Crippen LogP contribution in [0.25, 0.3) is 0 Å². The number of urea groups is 1. The molecule has 14 heavy (non-hydrogen) atoms. The van der Waals surface area contributed by atoms with Gasteiger partial charge in [0.25, 0.3) is 5.91 Å². The van der Waals surface area contributed by atoms with E-state index in [2.05, 4.69) is 31.5 Å². The molecule has 72 valence electrons. The maximum Gasteiger partial charge on any atom is 0.322 e. The number of halogens is 1. The van der Waals surface area contributed by atoms with Crippen LogP contribution in [0.4, 0.5) is 4.79 Å². The van der Waals surface area contributed by atoms with E-state index in [9.17, 15) is 9.59 Å². The van der Waals surface area contributed by atoms with Crippen LogP contribution in [0.3, 0.4) is 0 Å². The Balaban J connectivity index is 2.31. The largest absolute Gasteiger partial charge is 0.322 e. The Labute approximate surface area is 88.0 Å². The first-order valence-electron chi connectivity index (χ1n) is 3.88. The fourth-order valence-corrected chi connectivity index (χ4v) is 1.62. The predicted molar refractivity (Wildman–Crippen MR) is 51.4 cm³/mol. The van der Waals surface area contributed by atoms with Crippen molar-refractivity contribution in [3.63, 3.8) is 0 Å². The van der Waals surface area contributed by atoms with Crippen molar-refractivity contribution in [3.05, 3.63) is 28.5 Å². The fourth-order valence-electron chi connectivity index (χ4n) is 1.24. The summed E-state index contributed by atoms with van der Waals surface area (Å²) in [5.41, 5.74) is 0.655. The Morgan fingerprint density at radius 3 is 2.71 bits per heavy atom. The van der Waals surface area contributed by atoms with E-state index in [1.165, 1.54) is 0 Å². The summed E-state index contributed by atoms with van der Waals surface area (Å²) in [6.45, 7) is 0. The van der Waals surface area contributed by atoms with Crippen LogP contribution >= 0.6 is 15.9 Å². The number of hydrogen-bond acceptors (Lipinski definition) is 3. The van der Waals surface area contributed by atoms with Crippen molar-refractivity contribution >= 4 is 27.9 Å². The number of amides is 3. The summed E-state index contributed by atoms with van der Waals surface area (Å²) in [5.74, 6) is -0.352. The van der Waals surface area contributed by atoms with Gasteiger partial charge in [-0.3, -0.25) is 15.1 Å². The molecule has 0 saturated carbocycles. The van der Waals surface area contributed by atoms with Gasteiger partial charge in [-0.25, -0.2) is 4.79 Å². The van der Waals surface area contributed by atoms with Gasteiger partial charge in [0.1, 0.15) is 6.04 Å². The first kappa shape index (κ1) is 9.14. The number of aromatic nitrogens is 1. The second-order valence-corrected chi connectivity index (χ2v) is 3.75. The maximum absolute atomic E-state index is 11.3. The highest BCUT2D eigenvalue weighted by atomic mass is 79.9. The van der Waals surface area contributed by atoms with E-state index in [0.29, 0.717) is 5.56 Å². The minimum Gasteiger partial charge on any atom is -0.322 e. The Hall–Kier alpha value is -1.43. The molecule has 0 aromatic carbocycles. The third-order valence-electron chi connectivity index (χ3n) is 1.83. The predicted octanol–water partition coefficient (Wildman–Crippen LogP) is 0.725. The number of hydrogen-bond donors (Lipinski definition) is 2. The van der Waals surface area contributed by atoms with Gasteiger partial charge in [-0.2, -0.15) is 0 Å². The smallest absolute Gasteiger partial charge is 0.322 e. The van der Waals surface area contributed by atoms with Crippen LogP contribution in [0, 0.1) is 0 Å². The highest BCUT2D eigenvalue weighted by molar-refractivity contribution is 9.10. The molecular formula is C8H6BrN3O2. The molecule has 1 aromatic rings. The normalized spacial score (nSPS) is 20.5. The summed E-state index contributed by atoms with van der Waals surface area (Å²) < 4.78 is 0.768. The Morgan fingerprint density at radius 2 is 2.14 bits per heavy atom. The minimum atomic E-state index is -0.632. The lowest BCUT2D eigenvalue weighted by Gasteiger charge is -2.06. The number of imide groups is 1. The summed E-state index contributed by atoms with van der Waals surface area (Å²) in [6.07, 6.45) is 3.15. The summed E-state index contributed by atoms with van der Waals surface area (Å²) in [4.78, 5) is 26.0. The second-order valence-electron chi connectivity index (χ2n) is 2.83. The van der Waals surface area contributed by atoms with Crippen LogP contribution in [-0.2, 0) is 4.79 Å². The van der Waals surface area contributed by atoms with E-state index >= 15 is 0 Å². The van der Waals surface area contributed by atoms with Crippen molar-refractivity contribution in [1.82, 2.24) is 15.6 Å². The zero-order valence-corrected chi connectivity index (χ0v) is 8.54. The second kappa shape index (κ2) is 3.38. The molecule has 1 aliphatic heterocycles. The van der Waals surface area contributed by atoms with Crippen molar-refractivity contribution < 1.29 is 9.59 Å². The average molecular weight is 256 g/mol. The Kier molecular flexibility index (Phi) is 2.20. The topological polar surface area (TPSA) is 71.1 Å². The molecule has 0 bridgehead atoms. The molecule has 6 heteroatoms. The molecule has 1 saturated heterocycles. The lowest BCUT2D eigenvalue weighted by Crippen LogP contribution is -2.22. The lowest BCUT2D eigenvalue weighted by molar-refractivity contribution is -0.120. The van der Waals surface area contributed by atoms with Crippen molar-refractivity contribution in [3.8, 4) is 0 Å². The molecule has 0 radical (unpaired) electrons.